The molecule has 0 N–H and O–H groups in total. The van der Waals surface area contributed by atoms with Gasteiger partial charge in [0.25, 0.3) is 0 Å². The first kappa shape index (κ1) is 19.0. The molecule has 3 aromatic rings. The Balaban J connectivity index is 1.80. The van der Waals surface area contributed by atoms with E-state index in [9.17, 15) is 9.59 Å². The Bertz CT molecular complexity index is 1020. The van der Waals surface area contributed by atoms with Crippen molar-refractivity contribution in [3.63, 3.8) is 0 Å². The number of hydrogen-bond donors (Lipinski definition) is 0. The van der Waals surface area contributed by atoms with Crippen LogP contribution in [0.15, 0.2) is 62.4 Å². The van der Waals surface area contributed by atoms with E-state index in [1.54, 1.807) is 44.2 Å². The summed E-state index contributed by atoms with van der Waals surface area (Å²) in [4.78, 5) is 24.2. The Morgan fingerprint density at radius 1 is 1.15 bits per heavy atom. The SMILES string of the molecule is CC(C)OC(=O)COc1ccc2c(=O)c(Oc3ccccc3Br)coc2c1. The Morgan fingerprint density at radius 3 is 2.67 bits per heavy atom. The first-order chi connectivity index (χ1) is 12.9. The van der Waals surface area contributed by atoms with Gasteiger partial charge in [0.2, 0.25) is 11.2 Å². The molecule has 1 aromatic heterocycles. The summed E-state index contributed by atoms with van der Waals surface area (Å²) in [5.74, 6) is 0.505. The number of ether oxygens (including phenoxy) is 3. The van der Waals surface area contributed by atoms with Crippen LogP contribution in [0.1, 0.15) is 13.8 Å². The van der Waals surface area contributed by atoms with E-state index in [0.29, 0.717) is 22.5 Å². The number of hydrogen-bond acceptors (Lipinski definition) is 6. The molecule has 0 radical (unpaired) electrons. The Hall–Kier alpha value is -2.80. The van der Waals surface area contributed by atoms with Crippen molar-refractivity contribution in [3.05, 3.63) is 63.4 Å². The smallest absolute Gasteiger partial charge is 0.344 e. The lowest BCUT2D eigenvalue weighted by Gasteiger charge is -2.10. The van der Waals surface area contributed by atoms with Gasteiger partial charge in [-0.2, -0.15) is 0 Å². The van der Waals surface area contributed by atoms with E-state index in [0.717, 1.165) is 4.47 Å². The maximum Gasteiger partial charge on any atom is 0.344 e. The lowest BCUT2D eigenvalue weighted by Crippen LogP contribution is -2.18. The highest BCUT2D eigenvalue weighted by atomic mass is 79.9. The summed E-state index contributed by atoms with van der Waals surface area (Å²) in [7, 11) is 0. The van der Waals surface area contributed by atoms with E-state index in [2.05, 4.69) is 15.9 Å². The van der Waals surface area contributed by atoms with Crippen molar-refractivity contribution in [2.24, 2.45) is 0 Å². The van der Waals surface area contributed by atoms with Gasteiger partial charge in [0.1, 0.15) is 23.3 Å². The van der Waals surface area contributed by atoms with E-state index < -0.39 is 5.97 Å². The molecule has 1 heterocycles. The van der Waals surface area contributed by atoms with E-state index >= 15 is 0 Å². The van der Waals surface area contributed by atoms with Crippen LogP contribution >= 0.6 is 15.9 Å². The largest absolute Gasteiger partial charge is 0.482 e. The Morgan fingerprint density at radius 2 is 1.93 bits per heavy atom. The number of benzene rings is 2. The molecule has 0 aliphatic rings. The molecule has 3 rings (SSSR count). The molecule has 2 aromatic carbocycles. The van der Waals surface area contributed by atoms with Crippen molar-refractivity contribution < 1.29 is 23.4 Å². The highest BCUT2D eigenvalue weighted by Gasteiger charge is 2.12. The van der Waals surface area contributed by atoms with E-state index in [1.807, 2.05) is 12.1 Å². The number of halogens is 1. The first-order valence-corrected chi connectivity index (χ1v) is 9.03. The van der Waals surface area contributed by atoms with Gasteiger partial charge >= 0.3 is 5.97 Å². The molecule has 7 heteroatoms. The number of carbonyl (C=O) groups excluding carboxylic acids is 1. The van der Waals surface area contributed by atoms with Crippen molar-refractivity contribution in [2.45, 2.75) is 20.0 Å². The van der Waals surface area contributed by atoms with Gasteiger partial charge in [0, 0.05) is 6.07 Å². The average Bonchev–Trinajstić information content (AvgIpc) is 2.63. The minimum Gasteiger partial charge on any atom is -0.482 e. The lowest BCUT2D eigenvalue weighted by molar-refractivity contribution is -0.149. The molecular formula is C20H17BrO6. The zero-order valence-corrected chi connectivity index (χ0v) is 16.3. The summed E-state index contributed by atoms with van der Waals surface area (Å²) < 4.78 is 22.3. The van der Waals surface area contributed by atoms with Crippen molar-refractivity contribution in [2.75, 3.05) is 6.61 Å². The molecule has 0 unspecified atom stereocenters. The Kier molecular flexibility index (Phi) is 5.81. The molecular weight excluding hydrogens is 416 g/mol. The number of carbonyl (C=O) groups is 1. The number of fused-ring (bicyclic) bond motifs is 1. The highest BCUT2D eigenvalue weighted by molar-refractivity contribution is 9.10. The lowest BCUT2D eigenvalue weighted by atomic mass is 10.2. The van der Waals surface area contributed by atoms with Crippen LogP contribution in [0.25, 0.3) is 11.0 Å². The molecule has 0 atom stereocenters. The second-order valence-electron chi connectivity index (χ2n) is 5.95. The summed E-state index contributed by atoms with van der Waals surface area (Å²) in [6.45, 7) is 3.30. The summed E-state index contributed by atoms with van der Waals surface area (Å²) in [5.41, 5.74) is 0.0203. The van der Waals surface area contributed by atoms with Crippen LogP contribution in [0, 0.1) is 0 Å². The van der Waals surface area contributed by atoms with E-state index in [4.69, 9.17) is 18.6 Å². The molecule has 0 bridgehead atoms. The van der Waals surface area contributed by atoms with Gasteiger partial charge in [-0.25, -0.2) is 4.79 Å². The highest BCUT2D eigenvalue weighted by Crippen LogP contribution is 2.29. The topological polar surface area (TPSA) is 75.0 Å². The van der Waals surface area contributed by atoms with Crippen LogP contribution in [0.4, 0.5) is 0 Å². The third kappa shape index (κ3) is 4.68. The second kappa shape index (κ2) is 8.26. The summed E-state index contributed by atoms with van der Waals surface area (Å²) in [5, 5.41) is 0.344. The van der Waals surface area contributed by atoms with Crippen molar-refractivity contribution in [3.8, 4) is 17.2 Å². The van der Waals surface area contributed by atoms with Crippen LogP contribution < -0.4 is 14.9 Å². The molecule has 140 valence electrons. The van der Waals surface area contributed by atoms with E-state index in [-0.39, 0.29) is 23.9 Å². The van der Waals surface area contributed by atoms with E-state index in [1.165, 1.54) is 6.26 Å². The molecule has 0 aliphatic carbocycles. The molecule has 0 aliphatic heterocycles. The summed E-state index contributed by atoms with van der Waals surface area (Å²) in [6, 6.07) is 11.9. The molecule has 0 amide bonds. The van der Waals surface area contributed by atoms with Crippen molar-refractivity contribution in [1.29, 1.82) is 0 Å². The maximum absolute atomic E-state index is 12.6. The van der Waals surface area contributed by atoms with Crippen LogP contribution in [0.3, 0.4) is 0 Å². The minimum atomic E-state index is -0.469. The predicted octanol–water partition coefficient (Wildman–Crippen LogP) is 4.68. The van der Waals surface area contributed by atoms with Crippen molar-refractivity contribution in [1.82, 2.24) is 0 Å². The van der Waals surface area contributed by atoms with Gasteiger partial charge in [-0.3, -0.25) is 4.79 Å². The minimum absolute atomic E-state index is 0.0728. The Labute approximate surface area is 163 Å². The van der Waals surface area contributed by atoms with Crippen LogP contribution in [0.2, 0.25) is 0 Å². The normalized spacial score (nSPS) is 10.8. The standard InChI is InChI=1S/C20H17BrO6/c1-12(2)26-19(22)11-24-13-7-8-14-17(9-13)25-10-18(20(14)23)27-16-6-4-3-5-15(16)21/h3-10,12H,11H2,1-2H3. The fourth-order valence-electron chi connectivity index (χ4n) is 2.34. The van der Waals surface area contributed by atoms with Gasteiger partial charge in [0.15, 0.2) is 6.61 Å². The summed E-state index contributed by atoms with van der Waals surface area (Å²) >= 11 is 3.37. The van der Waals surface area contributed by atoms with Gasteiger partial charge in [-0.1, -0.05) is 12.1 Å². The van der Waals surface area contributed by atoms with Gasteiger partial charge in [-0.15, -0.1) is 0 Å². The zero-order chi connectivity index (χ0) is 19.4. The quantitative estimate of drug-likeness (QED) is 0.526. The van der Waals surface area contributed by atoms with Crippen molar-refractivity contribution >= 4 is 32.9 Å². The van der Waals surface area contributed by atoms with Crippen LogP contribution in [-0.4, -0.2) is 18.7 Å². The number of esters is 1. The maximum atomic E-state index is 12.6. The molecule has 0 saturated heterocycles. The predicted molar refractivity (Wildman–Crippen MR) is 103 cm³/mol. The van der Waals surface area contributed by atoms with Crippen LogP contribution in [-0.2, 0) is 9.53 Å². The zero-order valence-electron chi connectivity index (χ0n) is 14.7. The monoisotopic (exact) mass is 432 g/mol. The molecule has 0 spiro atoms. The van der Waals surface area contributed by atoms with Crippen LogP contribution in [0.5, 0.6) is 17.2 Å². The van der Waals surface area contributed by atoms with Gasteiger partial charge in [0.05, 0.1) is 16.0 Å². The first-order valence-electron chi connectivity index (χ1n) is 8.24. The number of rotatable bonds is 6. The number of para-hydroxylation sites is 1. The third-order valence-electron chi connectivity index (χ3n) is 3.49. The fourth-order valence-corrected chi connectivity index (χ4v) is 2.70. The fraction of sp³-hybridized carbons (Fsp3) is 0.200. The molecule has 0 fully saturated rings. The summed E-state index contributed by atoms with van der Waals surface area (Å²) in [6.07, 6.45) is 1.04. The second-order valence-corrected chi connectivity index (χ2v) is 6.80. The molecule has 27 heavy (non-hydrogen) atoms. The third-order valence-corrected chi connectivity index (χ3v) is 4.15. The molecule has 0 saturated carbocycles. The van der Waals surface area contributed by atoms with Gasteiger partial charge in [-0.05, 0) is 54.0 Å². The molecule has 6 nitrogen and oxygen atoms in total. The average molecular weight is 433 g/mol. The van der Waals surface area contributed by atoms with Gasteiger partial charge < -0.3 is 18.6 Å².